The second-order valence-corrected chi connectivity index (χ2v) is 4.87. The van der Waals surface area contributed by atoms with Crippen molar-refractivity contribution in [1.82, 2.24) is 20.2 Å². The minimum absolute atomic E-state index is 0.736. The van der Waals surface area contributed by atoms with Crippen molar-refractivity contribution in [2.75, 3.05) is 5.32 Å². The number of para-hydroxylation sites is 1. The van der Waals surface area contributed by atoms with Crippen LogP contribution in [-0.2, 0) is 0 Å². The summed E-state index contributed by atoms with van der Waals surface area (Å²) in [5, 5.41) is 11.6. The number of hydrogen-bond acceptors (Lipinski definition) is 4. The number of nitrogens with one attached hydrogen (secondary N) is 2. The summed E-state index contributed by atoms with van der Waals surface area (Å²) in [6, 6.07) is 19.6. The maximum Gasteiger partial charge on any atom is 0.161 e. The summed E-state index contributed by atoms with van der Waals surface area (Å²) >= 11 is 0. The fourth-order valence-electron chi connectivity index (χ4n) is 2.34. The Morgan fingerprint density at radius 2 is 1.68 bits per heavy atom. The van der Waals surface area contributed by atoms with E-state index in [9.17, 15) is 0 Å². The number of fused-ring (bicyclic) bond motifs is 1. The van der Waals surface area contributed by atoms with Crippen LogP contribution in [0.1, 0.15) is 0 Å². The quantitative estimate of drug-likeness (QED) is 0.602. The maximum atomic E-state index is 4.60. The molecule has 0 unspecified atom stereocenters. The van der Waals surface area contributed by atoms with Gasteiger partial charge in [-0.05, 0) is 36.4 Å². The van der Waals surface area contributed by atoms with Crippen molar-refractivity contribution in [3.05, 3.63) is 66.9 Å². The molecule has 0 aliphatic rings. The second-order valence-electron chi connectivity index (χ2n) is 4.87. The van der Waals surface area contributed by atoms with Gasteiger partial charge in [-0.3, -0.25) is 10.1 Å². The number of benzene rings is 1. The van der Waals surface area contributed by atoms with Gasteiger partial charge in [0.05, 0.1) is 16.9 Å². The van der Waals surface area contributed by atoms with Gasteiger partial charge in [0.2, 0.25) is 0 Å². The normalized spacial score (nSPS) is 10.7. The Morgan fingerprint density at radius 1 is 0.818 bits per heavy atom. The highest BCUT2D eigenvalue weighted by atomic mass is 15.2. The standard InChI is InChI=1S/C17H13N5/c1-2-7-13-12(6-1)17(22-21-13)20-16-10-5-9-15(19-16)14-8-3-4-11-18-14/h1-11H,(H2,19,20,21,22). The molecule has 2 N–H and O–H groups in total. The van der Waals surface area contributed by atoms with Crippen molar-refractivity contribution in [3.63, 3.8) is 0 Å². The highest BCUT2D eigenvalue weighted by Crippen LogP contribution is 2.24. The van der Waals surface area contributed by atoms with Gasteiger partial charge in [0, 0.05) is 11.6 Å². The summed E-state index contributed by atoms with van der Waals surface area (Å²) < 4.78 is 0. The van der Waals surface area contributed by atoms with Gasteiger partial charge in [-0.2, -0.15) is 5.10 Å². The van der Waals surface area contributed by atoms with E-state index in [0.29, 0.717) is 0 Å². The van der Waals surface area contributed by atoms with Gasteiger partial charge in [0.1, 0.15) is 5.82 Å². The van der Waals surface area contributed by atoms with E-state index in [-0.39, 0.29) is 0 Å². The SMILES string of the molecule is c1ccc(-c2cccc(Nc3n[nH]c4ccccc34)n2)nc1. The first-order chi connectivity index (χ1) is 10.9. The zero-order valence-corrected chi connectivity index (χ0v) is 11.7. The lowest BCUT2D eigenvalue weighted by atomic mass is 10.2. The monoisotopic (exact) mass is 287 g/mol. The van der Waals surface area contributed by atoms with Crippen molar-refractivity contribution >= 4 is 22.5 Å². The van der Waals surface area contributed by atoms with Crippen LogP contribution in [-0.4, -0.2) is 20.2 Å². The molecule has 0 fully saturated rings. The molecule has 106 valence electrons. The second kappa shape index (κ2) is 5.29. The number of pyridine rings is 2. The van der Waals surface area contributed by atoms with Gasteiger partial charge in [-0.1, -0.05) is 24.3 Å². The number of aromatic nitrogens is 4. The molecule has 4 rings (SSSR count). The highest BCUT2D eigenvalue weighted by molar-refractivity contribution is 5.91. The van der Waals surface area contributed by atoms with Crippen LogP contribution in [0.15, 0.2) is 66.9 Å². The van der Waals surface area contributed by atoms with Gasteiger partial charge < -0.3 is 5.32 Å². The van der Waals surface area contributed by atoms with Gasteiger partial charge in [-0.15, -0.1) is 0 Å². The maximum absolute atomic E-state index is 4.60. The molecular formula is C17H13N5. The molecule has 4 aromatic rings. The number of hydrogen-bond donors (Lipinski definition) is 2. The molecule has 0 atom stereocenters. The summed E-state index contributed by atoms with van der Waals surface area (Å²) in [5.41, 5.74) is 2.66. The molecule has 5 heteroatoms. The smallest absolute Gasteiger partial charge is 0.161 e. The third kappa shape index (κ3) is 2.29. The van der Waals surface area contributed by atoms with E-state index in [1.54, 1.807) is 6.20 Å². The molecule has 5 nitrogen and oxygen atoms in total. The zero-order chi connectivity index (χ0) is 14.8. The Labute approximate surface area is 127 Å². The average molecular weight is 287 g/mol. The highest BCUT2D eigenvalue weighted by Gasteiger charge is 2.07. The Hall–Kier alpha value is -3.21. The molecule has 0 aliphatic carbocycles. The lowest BCUT2D eigenvalue weighted by Gasteiger charge is -2.05. The van der Waals surface area contributed by atoms with Crippen LogP contribution in [0.3, 0.4) is 0 Å². The van der Waals surface area contributed by atoms with Crippen LogP contribution in [0.4, 0.5) is 11.6 Å². The minimum atomic E-state index is 0.736. The van der Waals surface area contributed by atoms with Crippen molar-refractivity contribution in [2.45, 2.75) is 0 Å². The average Bonchev–Trinajstić information content (AvgIpc) is 2.99. The first-order valence-electron chi connectivity index (χ1n) is 6.99. The fraction of sp³-hybridized carbons (Fsp3) is 0. The lowest BCUT2D eigenvalue weighted by molar-refractivity contribution is 1.11. The Balaban J connectivity index is 1.69. The van der Waals surface area contributed by atoms with Crippen molar-refractivity contribution in [1.29, 1.82) is 0 Å². The number of rotatable bonds is 3. The van der Waals surface area contributed by atoms with Crippen LogP contribution in [0.5, 0.6) is 0 Å². The molecule has 0 aliphatic heterocycles. The molecule has 0 spiro atoms. The first kappa shape index (κ1) is 12.5. The van der Waals surface area contributed by atoms with Gasteiger partial charge in [0.25, 0.3) is 0 Å². The molecule has 1 aromatic carbocycles. The molecule has 0 bridgehead atoms. The largest absolute Gasteiger partial charge is 0.323 e. The van der Waals surface area contributed by atoms with Crippen LogP contribution >= 0.6 is 0 Å². The van der Waals surface area contributed by atoms with E-state index in [2.05, 4.69) is 25.5 Å². The Bertz CT molecular complexity index is 914. The number of H-pyrrole nitrogens is 1. The van der Waals surface area contributed by atoms with E-state index in [4.69, 9.17) is 0 Å². The summed E-state index contributed by atoms with van der Waals surface area (Å²) in [6.45, 7) is 0. The fourth-order valence-corrected chi connectivity index (χ4v) is 2.34. The molecule has 22 heavy (non-hydrogen) atoms. The molecule has 3 heterocycles. The molecule has 0 amide bonds. The first-order valence-corrected chi connectivity index (χ1v) is 6.99. The van der Waals surface area contributed by atoms with E-state index < -0.39 is 0 Å². The van der Waals surface area contributed by atoms with E-state index in [1.807, 2.05) is 60.7 Å². The topological polar surface area (TPSA) is 66.5 Å². The van der Waals surface area contributed by atoms with Crippen LogP contribution in [0.2, 0.25) is 0 Å². The van der Waals surface area contributed by atoms with Crippen LogP contribution < -0.4 is 5.32 Å². The van der Waals surface area contributed by atoms with Crippen molar-refractivity contribution in [2.24, 2.45) is 0 Å². The Morgan fingerprint density at radius 3 is 2.59 bits per heavy atom. The summed E-state index contributed by atoms with van der Waals surface area (Å²) in [6.07, 6.45) is 1.76. The van der Waals surface area contributed by atoms with Gasteiger partial charge in [-0.25, -0.2) is 4.98 Å². The third-order valence-corrected chi connectivity index (χ3v) is 3.39. The molecule has 0 saturated heterocycles. The molecule has 0 saturated carbocycles. The van der Waals surface area contributed by atoms with Crippen LogP contribution in [0.25, 0.3) is 22.3 Å². The summed E-state index contributed by atoms with van der Waals surface area (Å²) in [7, 11) is 0. The van der Waals surface area contributed by atoms with Crippen LogP contribution in [0, 0.1) is 0 Å². The zero-order valence-electron chi connectivity index (χ0n) is 11.7. The van der Waals surface area contributed by atoms with E-state index >= 15 is 0 Å². The van der Waals surface area contributed by atoms with Gasteiger partial charge >= 0.3 is 0 Å². The third-order valence-electron chi connectivity index (χ3n) is 3.39. The summed E-state index contributed by atoms with van der Waals surface area (Å²) in [5.74, 6) is 1.50. The van der Waals surface area contributed by atoms with E-state index in [0.717, 1.165) is 33.9 Å². The predicted octanol–water partition coefficient (Wildman–Crippen LogP) is 3.76. The lowest BCUT2D eigenvalue weighted by Crippen LogP contribution is -1.96. The molecule has 0 radical (unpaired) electrons. The molecular weight excluding hydrogens is 274 g/mol. The van der Waals surface area contributed by atoms with E-state index in [1.165, 1.54) is 0 Å². The number of anilines is 2. The van der Waals surface area contributed by atoms with Crippen molar-refractivity contribution < 1.29 is 0 Å². The summed E-state index contributed by atoms with van der Waals surface area (Å²) in [4.78, 5) is 8.92. The number of aromatic amines is 1. The minimum Gasteiger partial charge on any atom is -0.323 e. The Kier molecular flexibility index (Phi) is 3.01. The van der Waals surface area contributed by atoms with Crippen molar-refractivity contribution in [3.8, 4) is 11.4 Å². The number of nitrogens with zero attached hydrogens (tertiary/aromatic N) is 3. The van der Waals surface area contributed by atoms with Gasteiger partial charge in [0.15, 0.2) is 5.82 Å². The predicted molar refractivity (Wildman–Crippen MR) is 86.8 cm³/mol. The molecule has 3 aromatic heterocycles.